The maximum Gasteiger partial charge on any atom is 0.277 e. The zero-order valence-corrected chi connectivity index (χ0v) is 14.6. The topological polar surface area (TPSA) is 65.2 Å². The largest absolute Gasteiger partial charge is 0.495 e. The van der Waals surface area contributed by atoms with E-state index in [1.54, 1.807) is 30.3 Å². The van der Waals surface area contributed by atoms with Gasteiger partial charge in [0.2, 0.25) is 5.89 Å². The Morgan fingerprint density at radius 1 is 1.24 bits per heavy atom. The molecule has 1 heterocycles. The summed E-state index contributed by atoms with van der Waals surface area (Å²) < 4.78 is 23.5. The minimum atomic E-state index is -0.346. The van der Waals surface area contributed by atoms with Crippen LogP contribution in [0.25, 0.3) is 11.5 Å². The number of carbonyl (C=O) groups is 1. The minimum absolute atomic E-state index is 0.119. The Morgan fingerprint density at radius 3 is 2.68 bits per heavy atom. The number of hydrogen-bond donors (Lipinski definition) is 0. The number of aromatic nitrogens is 2. The lowest BCUT2D eigenvalue weighted by Crippen LogP contribution is -2.02. The van der Waals surface area contributed by atoms with Gasteiger partial charge in [0.15, 0.2) is 5.78 Å². The van der Waals surface area contributed by atoms with Crippen molar-refractivity contribution in [1.29, 1.82) is 0 Å². The van der Waals surface area contributed by atoms with E-state index in [1.807, 2.05) is 0 Å². The average molecular weight is 379 g/mol. The lowest BCUT2D eigenvalue weighted by molar-refractivity contribution is 0.102. The number of ether oxygens (including phenoxy) is 1. The summed E-state index contributed by atoms with van der Waals surface area (Å²) in [6.07, 6.45) is 0. The number of hydrogen-bond acceptors (Lipinski definition) is 6. The number of halogens is 2. The third-order valence-electron chi connectivity index (χ3n) is 3.30. The van der Waals surface area contributed by atoms with Gasteiger partial charge in [0.25, 0.3) is 5.22 Å². The van der Waals surface area contributed by atoms with E-state index in [9.17, 15) is 9.18 Å². The highest BCUT2D eigenvalue weighted by Crippen LogP contribution is 2.27. The van der Waals surface area contributed by atoms with Gasteiger partial charge in [-0.3, -0.25) is 4.79 Å². The summed E-state index contributed by atoms with van der Waals surface area (Å²) in [4.78, 5) is 12.2. The molecule has 25 heavy (non-hydrogen) atoms. The second-order valence-electron chi connectivity index (χ2n) is 4.94. The minimum Gasteiger partial charge on any atom is -0.495 e. The quantitative estimate of drug-likeness (QED) is 0.464. The molecule has 0 N–H and O–H groups in total. The number of benzene rings is 2. The Morgan fingerprint density at radius 2 is 2.00 bits per heavy atom. The van der Waals surface area contributed by atoms with Crippen molar-refractivity contribution in [3.8, 4) is 17.2 Å². The molecule has 8 heteroatoms. The highest BCUT2D eigenvalue weighted by Gasteiger charge is 2.14. The fourth-order valence-electron chi connectivity index (χ4n) is 2.03. The number of ketones is 1. The van der Waals surface area contributed by atoms with Crippen LogP contribution in [0.2, 0.25) is 5.02 Å². The first kappa shape index (κ1) is 17.4. The molecule has 0 aliphatic heterocycles. The summed E-state index contributed by atoms with van der Waals surface area (Å²) in [5, 5.41) is 8.40. The summed E-state index contributed by atoms with van der Waals surface area (Å²) in [6.45, 7) is 0. The standard InChI is InChI=1S/C17H12ClFN2O3S/c1-23-15-7-4-11(8-13(15)18)14(22)9-25-17-21-20-16(24-17)10-2-5-12(19)6-3-10/h2-8H,9H2,1H3. The molecule has 0 spiro atoms. The molecule has 0 bridgehead atoms. The van der Waals surface area contributed by atoms with E-state index in [0.717, 1.165) is 11.8 Å². The van der Waals surface area contributed by atoms with Crippen molar-refractivity contribution in [2.45, 2.75) is 5.22 Å². The van der Waals surface area contributed by atoms with Crippen LogP contribution in [0.15, 0.2) is 52.1 Å². The third kappa shape index (κ3) is 4.18. The summed E-state index contributed by atoms with van der Waals surface area (Å²) >= 11 is 7.14. The zero-order chi connectivity index (χ0) is 17.8. The Hall–Kier alpha value is -2.38. The molecule has 0 atom stereocenters. The van der Waals surface area contributed by atoms with Gasteiger partial charge in [0, 0.05) is 11.1 Å². The fraction of sp³-hybridized carbons (Fsp3) is 0.118. The van der Waals surface area contributed by atoms with E-state index in [0.29, 0.717) is 21.9 Å². The summed E-state index contributed by atoms with van der Waals surface area (Å²) in [5.41, 5.74) is 1.07. The van der Waals surface area contributed by atoms with Gasteiger partial charge in [-0.1, -0.05) is 23.4 Å². The van der Waals surface area contributed by atoms with Gasteiger partial charge in [-0.15, -0.1) is 10.2 Å². The van der Waals surface area contributed by atoms with Gasteiger partial charge < -0.3 is 9.15 Å². The van der Waals surface area contributed by atoms with Crippen LogP contribution in [0.5, 0.6) is 5.75 Å². The number of thioether (sulfide) groups is 1. The Bertz CT molecular complexity index is 899. The molecule has 0 amide bonds. The van der Waals surface area contributed by atoms with Crippen LogP contribution in [-0.2, 0) is 0 Å². The SMILES string of the molecule is COc1ccc(C(=O)CSc2nnc(-c3ccc(F)cc3)o2)cc1Cl. The Balaban J connectivity index is 1.65. The lowest BCUT2D eigenvalue weighted by Gasteiger charge is -2.04. The van der Waals surface area contributed by atoms with Gasteiger partial charge in [-0.2, -0.15) is 0 Å². The molecular formula is C17H12ClFN2O3S. The van der Waals surface area contributed by atoms with Gasteiger partial charge in [-0.25, -0.2) is 4.39 Å². The number of methoxy groups -OCH3 is 1. The van der Waals surface area contributed by atoms with E-state index in [2.05, 4.69) is 10.2 Å². The molecule has 0 radical (unpaired) electrons. The van der Waals surface area contributed by atoms with E-state index in [4.69, 9.17) is 20.8 Å². The van der Waals surface area contributed by atoms with Crippen molar-refractivity contribution >= 4 is 29.1 Å². The van der Waals surface area contributed by atoms with Crippen LogP contribution in [0.3, 0.4) is 0 Å². The summed E-state index contributed by atoms with van der Waals surface area (Å²) in [5.74, 6) is 0.417. The van der Waals surface area contributed by atoms with Crippen LogP contribution in [0, 0.1) is 5.82 Å². The van der Waals surface area contributed by atoms with E-state index in [-0.39, 0.29) is 28.5 Å². The first-order valence-corrected chi connectivity index (χ1v) is 8.52. The van der Waals surface area contributed by atoms with Crippen LogP contribution in [-0.4, -0.2) is 28.8 Å². The average Bonchev–Trinajstić information content (AvgIpc) is 3.09. The number of nitrogens with zero attached hydrogens (tertiary/aromatic N) is 2. The fourth-order valence-corrected chi connectivity index (χ4v) is 2.94. The molecule has 2 aromatic carbocycles. The predicted octanol–water partition coefficient (Wildman–Crippen LogP) is 4.51. The molecular weight excluding hydrogens is 367 g/mol. The van der Waals surface area contributed by atoms with Crippen molar-refractivity contribution in [1.82, 2.24) is 10.2 Å². The maximum absolute atomic E-state index is 12.9. The van der Waals surface area contributed by atoms with Gasteiger partial charge in [-0.05, 0) is 42.5 Å². The Kier molecular flexibility index (Phi) is 5.35. The molecule has 3 aromatic rings. The van der Waals surface area contributed by atoms with Crippen LogP contribution >= 0.6 is 23.4 Å². The monoisotopic (exact) mass is 378 g/mol. The van der Waals surface area contributed by atoms with Crippen molar-refractivity contribution in [3.63, 3.8) is 0 Å². The van der Waals surface area contributed by atoms with Gasteiger partial charge >= 0.3 is 0 Å². The molecule has 128 valence electrons. The van der Waals surface area contributed by atoms with Crippen molar-refractivity contribution < 1.29 is 18.3 Å². The molecule has 1 aromatic heterocycles. The summed E-state index contributed by atoms with van der Waals surface area (Å²) in [6, 6.07) is 10.5. The smallest absolute Gasteiger partial charge is 0.277 e. The van der Waals surface area contributed by atoms with E-state index >= 15 is 0 Å². The van der Waals surface area contributed by atoms with Crippen molar-refractivity contribution in [3.05, 3.63) is 58.9 Å². The number of rotatable bonds is 6. The van der Waals surface area contributed by atoms with E-state index < -0.39 is 0 Å². The molecule has 3 rings (SSSR count). The molecule has 0 saturated carbocycles. The maximum atomic E-state index is 12.9. The molecule has 0 saturated heterocycles. The number of Topliss-reactive ketones (excluding diaryl/α,β-unsaturated/α-hetero) is 1. The Labute approximate surface area is 152 Å². The van der Waals surface area contributed by atoms with Gasteiger partial charge in [0.1, 0.15) is 11.6 Å². The molecule has 5 nitrogen and oxygen atoms in total. The first-order valence-electron chi connectivity index (χ1n) is 7.16. The molecule has 0 aliphatic carbocycles. The molecule has 0 fully saturated rings. The van der Waals surface area contributed by atoms with Crippen LogP contribution in [0.4, 0.5) is 4.39 Å². The number of carbonyl (C=O) groups excluding carboxylic acids is 1. The van der Waals surface area contributed by atoms with E-state index in [1.165, 1.54) is 19.2 Å². The molecule has 0 aliphatic rings. The zero-order valence-electron chi connectivity index (χ0n) is 13.0. The lowest BCUT2D eigenvalue weighted by atomic mass is 10.1. The second-order valence-corrected chi connectivity index (χ2v) is 6.27. The van der Waals surface area contributed by atoms with Gasteiger partial charge in [0.05, 0.1) is 17.9 Å². The first-order chi connectivity index (χ1) is 12.1. The van der Waals surface area contributed by atoms with Crippen molar-refractivity contribution in [2.75, 3.05) is 12.9 Å². The highest BCUT2D eigenvalue weighted by atomic mass is 35.5. The normalized spacial score (nSPS) is 10.7. The summed E-state index contributed by atoms with van der Waals surface area (Å²) in [7, 11) is 1.51. The van der Waals surface area contributed by atoms with Crippen LogP contribution in [0.1, 0.15) is 10.4 Å². The second kappa shape index (κ2) is 7.67. The third-order valence-corrected chi connectivity index (χ3v) is 4.41. The molecule has 0 unspecified atom stereocenters. The van der Waals surface area contributed by atoms with Crippen molar-refractivity contribution in [2.24, 2.45) is 0 Å². The predicted molar refractivity (Wildman–Crippen MR) is 92.8 cm³/mol. The highest BCUT2D eigenvalue weighted by molar-refractivity contribution is 7.99. The van der Waals surface area contributed by atoms with Crippen LogP contribution < -0.4 is 4.74 Å².